The standard InChI is InChI=1S/C8H9ClN2O/c1-2-8(12)11-6-3-4-7(9)10-5-6/h3-5H,2H2,1H3,(H,11,12). The van der Waals surface area contributed by atoms with Crippen LogP contribution >= 0.6 is 11.6 Å². The zero-order valence-electron chi connectivity index (χ0n) is 6.67. The maximum Gasteiger partial charge on any atom is 0.224 e. The van der Waals surface area contributed by atoms with E-state index in [0.717, 1.165) is 0 Å². The lowest BCUT2D eigenvalue weighted by Crippen LogP contribution is -2.09. The first-order chi connectivity index (χ1) is 5.72. The average Bonchev–Trinajstić information content (AvgIpc) is 2.09. The van der Waals surface area contributed by atoms with Gasteiger partial charge < -0.3 is 5.32 Å². The van der Waals surface area contributed by atoms with Gasteiger partial charge in [-0.25, -0.2) is 4.98 Å². The van der Waals surface area contributed by atoms with E-state index >= 15 is 0 Å². The quantitative estimate of drug-likeness (QED) is 0.716. The Hall–Kier alpha value is -1.09. The van der Waals surface area contributed by atoms with Crippen LogP contribution in [0.2, 0.25) is 5.15 Å². The fourth-order valence-corrected chi connectivity index (χ4v) is 0.811. The van der Waals surface area contributed by atoms with Crippen LogP contribution in [-0.4, -0.2) is 10.9 Å². The Labute approximate surface area is 75.8 Å². The van der Waals surface area contributed by atoms with Crippen LogP contribution in [0.15, 0.2) is 18.3 Å². The van der Waals surface area contributed by atoms with Gasteiger partial charge in [0.25, 0.3) is 0 Å². The zero-order valence-corrected chi connectivity index (χ0v) is 7.43. The first-order valence-corrected chi connectivity index (χ1v) is 4.01. The number of hydrogen-bond acceptors (Lipinski definition) is 2. The monoisotopic (exact) mass is 184 g/mol. The molecule has 12 heavy (non-hydrogen) atoms. The number of carbonyl (C=O) groups excluding carboxylic acids is 1. The minimum Gasteiger partial charge on any atom is -0.325 e. The van der Waals surface area contributed by atoms with Gasteiger partial charge >= 0.3 is 0 Å². The Morgan fingerprint density at radius 3 is 2.92 bits per heavy atom. The Kier molecular flexibility index (Phi) is 3.05. The minimum atomic E-state index is -0.0286. The molecule has 0 saturated carbocycles. The van der Waals surface area contributed by atoms with Gasteiger partial charge in [0.15, 0.2) is 0 Å². The zero-order chi connectivity index (χ0) is 8.97. The number of halogens is 1. The molecule has 1 aromatic heterocycles. The molecule has 0 atom stereocenters. The van der Waals surface area contributed by atoms with Gasteiger partial charge in [-0.2, -0.15) is 0 Å². The van der Waals surface area contributed by atoms with E-state index in [0.29, 0.717) is 17.3 Å². The molecule has 0 aromatic carbocycles. The lowest BCUT2D eigenvalue weighted by molar-refractivity contribution is -0.115. The minimum absolute atomic E-state index is 0.0286. The largest absolute Gasteiger partial charge is 0.325 e. The SMILES string of the molecule is CCC(=O)Nc1ccc(Cl)nc1. The molecule has 0 radical (unpaired) electrons. The number of carbonyl (C=O) groups is 1. The Bertz CT molecular complexity index is 271. The fourth-order valence-electron chi connectivity index (χ4n) is 0.699. The van der Waals surface area contributed by atoms with E-state index in [1.165, 1.54) is 6.20 Å². The highest BCUT2D eigenvalue weighted by Gasteiger charge is 1.97. The predicted octanol–water partition coefficient (Wildman–Crippen LogP) is 2.08. The summed E-state index contributed by atoms with van der Waals surface area (Å²) >= 11 is 5.56. The summed E-state index contributed by atoms with van der Waals surface area (Å²) in [5, 5.41) is 3.08. The van der Waals surface area contributed by atoms with Crippen molar-refractivity contribution in [1.29, 1.82) is 0 Å². The Morgan fingerprint density at radius 2 is 2.42 bits per heavy atom. The highest BCUT2D eigenvalue weighted by Crippen LogP contribution is 2.09. The number of pyridine rings is 1. The molecule has 0 fully saturated rings. The lowest BCUT2D eigenvalue weighted by atomic mass is 10.4. The molecule has 1 heterocycles. The Balaban J connectivity index is 2.64. The third kappa shape index (κ3) is 2.51. The maximum atomic E-state index is 10.9. The van der Waals surface area contributed by atoms with E-state index in [2.05, 4.69) is 10.3 Å². The summed E-state index contributed by atoms with van der Waals surface area (Å²) in [6, 6.07) is 3.34. The van der Waals surface area contributed by atoms with Crippen LogP contribution in [0.5, 0.6) is 0 Å². The molecule has 0 aliphatic carbocycles. The van der Waals surface area contributed by atoms with Crippen LogP contribution in [-0.2, 0) is 4.79 Å². The van der Waals surface area contributed by atoms with Crippen molar-refractivity contribution in [1.82, 2.24) is 4.98 Å². The van der Waals surface area contributed by atoms with E-state index in [1.807, 2.05) is 0 Å². The third-order valence-corrected chi connectivity index (χ3v) is 1.56. The molecule has 1 aromatic rings. The van der Waals surface area contributed by atoms with Gasteiger partial charge in [-0.15, -0.1) is 0 Å². The number of nitrogens with one attached hydrogen (secondary N) is 1. The molecule has 4 heteroatoms. The molecule has 0 unspecified atom stereocenters. The second kappa shape index (κ2) is 4.07. The molecule has 0 saturated heterocycles. The second-order valence-corrected chi connectivity index (χ2v) is 2.66. The molecule has 1 amide bonds. The number of rotatable bonds is 2. The topological polar surface area (TPSA) is 42.0 Å². The highest BCUT2D eigenvalue weighted by molar-refractivity contribution is 6.29. The highest BCUT2D eigenvalue weighted by atomic mass is 35.5. The van der Waals surface area contributed by atoms with E-state index in [9.17, 15) is 4.79 Å². The fraction of sp³-hybridized carbons (Fsp3) is 0.250. The van der Waals surface area contributed by atoms with Crippen molar-refractivity contribution in [3.8, 4) is 0 Å². The van der Waals surface area contributed by atoms with Crippen LogP contribution in [0.25, 0.3) is 0 Å². The molecule has 0 bridgehead atoms. The Morgan fingerprint density at radius 1 is 1.67 bits per heavy atom. The van der Waals surface area contributed by atoms with Gasteiger partial charge in [0.1, 0.15) is 5.15 Å². The second-order valence-electron chi connectivity index (χ2n) is 2.27. The van der Waals surface area contributed by atoms with Crippen LogP contribution in [0.4, 0.5) is 5.69 Å². The molecule has 3 nitrogen and oxygen atoms in total. The summed E-state index contributed by atoms with van der Waals surface area (Å²) in [5.74, 6) is -0.0286. The molecule has 1 N–H and O–H groups in total. The number of aromatic nitrogens is 1. The predicted molar refractivity (Wildman–Crippen MR) is 48.2 cm³/mol. The summed E-state index contributed by atoms with van der Waals surface area (Å²) in [6.07, 6.45) is 1.98. The van der Waals surface area contributed by atoms with E-state index in [1.54, 1.807) is 19.1 Å². The number of hydrogen-bond donors (Lipinski definition) is 1. The molecule has 0 aliphatic rings. The van der Waals surface area contributed by atoms with Gasteiger partial charge in [0.2, 0.25) is 5.91 Å². The first-order valence-electron chi connectivity index (χ1n) is 3.63. The molecule has 0 spiro atoms. The van der Waals surface area contributed by atoms with E-state index < -0.39 is 0 Å². The lowest BCUT2D eigenvalue weighted by Gasteiger charge is -2.01. The van der Waals surface area contributed by atoms with E-state index in [4.69, 9.17) is 11.6 Å². The molecule has 0 aliphatic heterocycles. The van der Waals surface area contributed by atoms with Crippen molar-refractivity contribution >= 4 is 23.2 Å². The van der Waals surface area contributed by atoms with Crippen LogP contribution in [0.3, 0.4) is 0 Å². The third-order valence-electron chi connectivity index (χ3n) is 1.33. The van der Waals surface area contributed by atoms with Crippen molar-refractivity contribution in [3.05, 3.63) is 23.5 Å². The van der Waals surface area contributed by atoms with Crippen molar-refractivity contribution in [2.45, 2.75) is 13.3 Å². The summed E-state index contributed by atoms with van der Waals surface area (Å²) < 4.78 is 0. The summed E-state index contributed by atoms with van der Waals surface area (Å²) in [4.78, 5) is 14.7. The van der Waals surface area contributed by atoms with Gasteiger partial charge in [-0.3, -0.25) is 4.79 Å². The van der Waals surface area contributed by atoms with Crippen LogP contribution in [0.1, 0.15) is 13.3 Å². The van der Waals surface area contributed by atoms with Crippen LogP contribution in [0, 0.1) is 0 Å². The van der Waals surface area contributed by atoms with Crippen LogP contribution < -0.4 is 5.32 Å². The number of nitrogens with zero attached hydrogens (tertiary/aromatic N) is 1. The summed E-state index contributed by atoms with van der Waals surface area (Å²) in [7, 11) is 0. The molecular formula is C8H9ClN2O. The summed E-state index contributed by atoms with van der Waals surface area (Å²) in [6.45, 7) is 1.79. The smallest absolute Gasteiger partial charge is 0.224 e. The van der Waals surface area contributed by atoms with Gasteiger partial charge in [-0.05, 0) is 12.1 Å². The van der Waals surface area contributed by atoms with Crippen molar-refractivity contribution in [3.63, 3.8) is 0 Å². The van der Waals surface area contributed by atoms with Gasteiger partial charge in [0.05, 0.1) is 11.9 Å². The molecule has 64 valence electrons. The number of amides is 1. The van der Waals surface area contributed by atoms with Gasteiger partial charge in [-0.1, -0.05) is 18.5 Å². The van der Waals surface area contributed by atoms with Crippen molar-refractivity contribution < 1.29 is 4.79 Å². The molecular weight excluding hydrogens is 176 g/mol. The van der Waals surface area contributed by atoms with Gasteiger partial charge in [0, 0.05) is 6.42 Å². The van der Waals surface area contributed by atoms with Crippen molar-refractivity contribution in [2.75, 3.05) is 5.32 Å². The average molecular weight is 185 g/mol. The van der Waals surface area contributed by atoms with E-state index in [-0.39, 0.29) is 5.91 Å². The number of anilines is 1. The molecule has 1 rings (SSSR count). The maximum absolute atomic E-state index is 10.9. The summed E-state index contributed by atoms with van der Waals surface area (Å²) in [5.41, 5.74) is 0.672. The van der Waals surface area contributed by atoms with Crippen molar-refractivity contribution in [2.24, 2.45) is 0 Å². The normalized spacial score (nSPS) is 9.50. The first kappa shape index (κ1) is 9.00.